The zero-order chi connectivity index (χ0) is 34.7. The molecule has 15 atom stereocenters. The molecular weight excluding hydrogens is 608 g/mol. The first kappa shape index (κ1) is 35.2. The lowest BCUT2D eigenvalue weighted by atomic mass is 9.33. The fraction of sp³-hybridized carbons (Fsp3) is 0.889. The normalized spacial score (nSPS) is 53.8. The molecule has 11 nitrogen and oxygen atoms in total. The third-order valence-electron chi connectivity index (χ3n) is 15.3. The van der Waals surface area contributed by atoms with Crippen LogP contribution in [0.4, 0.5) is 0 Å². The highest BCUT2D eigenvalue weighted by Crippen LogP contribution is 2.76. The van der Waals surface area contributed by atoms with Gasteiger partial charge in [0.25, 0.3) is 0 Å². The molecule has 47 heavy (non-hydrogen) atoms. The Bertz CT molecular complexity index is 1320. The summed E-state index contributed by atoms with van der Waals surface area (Å²) in [5.74, 6) is -2.44. The van der Waals surface area contributed by atoms with E-state index in [0.717, 1.165) is 38.5 Å². The maximum absolute atomic E-state index is 13.0. The van der Waals surface area contributed by atoms with Gasteiger partial charge in [-0.3, -0.25) is 4.79 Å². The molecule has 11 heteroatoms. The van der Waals surface area contributed by atoms with Gasteiger partial charge in [-0.1, -0.05) is 53.2 Å². The molecule has 5 aliphatic carbocycles. The number of aliphatic carboxylic acids is 2. The van der Waals surface area contributed by atoms with E-state index in [1.807, 2.05) is 6.92 Å². The van der Waals surface area contributed by atoms with E-state index in [0.29, 0.717) is 19.3 Å². The lowest BCUT2D eigenvalue weighted by Crippen LogP contribution is -2.68. The van der Waals surface area contributed by atoms with Crippen LogP contribution in [0.2, 0.25) is 0 Å². The summed E-state index contributed by atoms with van der Waals surface area (Å²) in [6, 6.07) is 0. The van der Waals surface area contributed by atoms with Gasteiger partial charge in [-0.15, -0.1) is 0 Å². The van der Waals surface area contributed by atoms with Crippen molar-refractivity contribution in [2.45, 2.75) is 142 Å². The van der Waals surface area contributed by atoms with Crippen LogP contribution in [0, 0.1) is 50.2 Å². The summed E-state index contributed by atoms with van der Waals surface area (Å²) in [5.41, 5.74) is -1.69. The summed E-state index contributed by atoms with van der Waals surface area (Å²) in [7, 11) is 0. The minimum Gasteiger partial charge on any atom is -0.481 e. The molecule has 1 heterocycles. The Morgan fingerprint density at radius 1 is 0.872 bits per heavy atom. The molecule has 5 fully saturated rings. The molecule has 266 valence electrons. The Kier molecular flexibility index (Phi) is 8.40. The Hall–Kier alpha value is -1.60. The number of hydrogen-bond acceptors (Lipinski definition) is 9. The molecule has 4 saturated carbocycles. The molecule has 1 aliphatic heterocycles. The third kappa shape index (κ3) is 4.69. The van der Waals surface area contributed by atoms with Crippen LogP contribution in [0.25, 0.3) is 0 Å². The third-order valence-corrected chi connectivity index (χ3v) is 15.3. The smallest absolute Gasteiger partial charge is 0.335 e. The second-order valence-electron chi connectivity index (χ2n) is 17.8. The van der Waals surface area contributed by atoms with Gasteiger partial charge < -0.3 is 45.2 Å². The van der Waals surface area contributed by atoms with E-state index in [4.69, 9.17) is 9.47 Å². The molecule has 7 N–H and O–H groups in total. The van der Waals surface area contributed by atoms with Crippen LogP contribution >= 0.6 is 0 Å². The second kappa shape index (κ2) is 11.2. The quantitative estimate of drug-likeness (QED) is 0.169. The summed E-state index contributed by atoms with van der Waals surface area (Å²) >= 11 is 0. The first-order valence-electron chi connectivity index (χ1n) is 17.5. The number of carbonyl (C=O) groups is 2. The molecule has 0 aromatic carbocycles. The lowest BCUT2D eigenvalue weighted by molar-refractivity contribution is -0.327. The van der Waals surface area contributed by atoms with Crippen molar-refractivity contribution in [3.8, 4) is 0 Å². The number of allylic oxidation sites excluding steroid dienone is 2. The number of rotatable bonds is 5. The van der Waals surface area contributed by atoms with Gasteiger partial charge in [0.15, 0.2) is 12.4 Å². The van der Waals surface area contributed by atoms with Gasteiger partial charge in [0, 0.05) is 5.41 Å². The van der Waals surface area contributed by atoms with Crippen LogP contribution in [0.5, 0.6) is 0 Å². The first-order valence-corrected chi connectivity index (χ1v) is 17.5. The van der Waals surface area contributed by atoms with Crippen molar-refractivity contribution < 1.29 is 54.8 Å². The highest BCUT2D eigenvalue weighted by molar-refractivity contribution is 5.77. The number of carboxylic acid groups (broad SMARTS) is 2. The van der Waals surface area contributed by atoms with Crippen molar-refractivity contribution in [3.63, 3.8) is 0 Å². The molecule has 6 aliphatic rings. The monoisotopic (exact) mass is 664 g/mol. The molecule has 0 spiro atoms. The molecule has 6 rings (SSSR count). The van der Waals surface area contributed by atoms with Gasteiger partial charge in [-0.2, -0.15) is 0 Å². The number of fused-ring (bicyclic) bond motifs is 7. The minimum absolute atomic E-state index is 0.0119. The topological polar surface area (TPSA) is 194 Å². The van der Waals surface area contributed by atoms with E-state index in [9.17, 15) is 45.3 Å². The Morgan fingerprint density at radius 3 is 2.17 bits per heavy atom. The molecule has 0 radical (unpaired) electrons. The van der Waals surface area contributed by atoms with Crippen molar-refractivity contribution in [2.75, 3.05) is 6.61 Å². The maximum atomic E-state index is 13.0. The van der Waals surface area contributed by atoms with E-state index in [1.165, 1.54) is 5.57 Å². The predicted octanol–water partition coefficient (Wildman–Crippen LogP) is 3.09. The number of ether oxygens (including phenoxy) is 2. The first-order chi connectivity index (χ1) is 21.7. The largest absolute Gasteiger partial charge is 0.481 e. The number of hydrogen-bond donors (Lipinski definition) is 7. The standard InChI is InChI=1S/C36H56O11/c1-31(2)13-14-36(30(44)45)19(15-31)18-7-8-21-32(3)11-10-23(46-29-26(41)24(39)25(40)27(47-29)28(42)43)33(4,17-37)20(32)9-12-34(21,5)35(18,6)16-22(36)38/h7,19-27,29,37-41H,8-17H2,1-6H3,(H,42,43)(H,44,45)/t19?,20?,21?,22-,23+,24+,25+,26-,27+,29-,32+,33+,34-,35-,36-/m1/s1. The van der Waals surface area contributed by atoms with E-state index >= 15 is 0 Å². The summed E-state index contributed by atoms with van der Waals surface area (Å²) in [6.45, 7) is 13.1. The fourth-order valence-electron chi connectivity index (χ4n) is 12.3. The lowest BCUT2D eigenvalue weighted by Gasteiger charge is -2.71. The van der Waals surface area contributed by atoms with Crippen molar-refractivity contribution in [1.82, 2.24) is 0 Å². The van der Waals surface area contributed by atoms with Crippen LogP contribution in [-0.4, -0.2) is 97.2 Å². The highest BCUT2D eigenvalue weighted by Gasteiger charge is 2.72. The van der Waals surface area contributed by atoms with Crippen LogP contribution in [0.3, 0.4) is 0 Å². The van der Waals surface area contributed by atoms with E-state index < -0.39 is 71.1 Å². The maximum Gasteiger partial charge on any atom is 0.335 e. The van der Waals surface area contributed by atoms with Crippen molar-refractivity contribution >= 4 is 11.9 Å². The Morgan fingerprint density at radius 2 is 1.55 bits per heavy atom. The van der Waals surface area contributed by atoms with Gasteiger partial charge in [0.05, 0.1) is 18.8 Å². The van der Waals surface area contributed by atoms with Crippen molar-refractivity contribution in [1.29, 1.82) is 0 Å². The van der Waals surface area contributed by atoms with Gasteiger partial charge in [0.2, 0.25) is 0 Å². The van der Waals surface area contributed by atoms with Gasteiger partial charge >= 0.3 is 11.9 Å². The molecule has 3 unspecified atom stereocenters. The Balaban J connectivity index is 1.33. The van der Waals surface area contributed by atoms with Crippen LogP contribution < -0.4 is 0 Å². The average Bonchev–Trinajstić information content (AvgIpc) is 2.98. The second-order valence-corrected chi connectivity index (χ2v) is 17.8. The molecule has 0 amide bonds. The zero-order valence-corrected chi connectivity index (χ0v) is 28.7. The molecule has 1 saturated heterocycles. The van der Waals surface area contributed by atoms with Gasteiger partial charge in [-0.05, 0) is 97.2 Å². The summed E-state index contributed by atoms with van der Waals surface area (Å²) < 4.78 is 11.7. The van der Waals surface area contributed by atoms with Crippen LogP contribution in [0.15, 0.2) is 11.6 Å². The summed E-state index contributed by atoms with van der Waals surface area (Å²) in [6.07, 6.45) is -1.87. The predicted molar refractivity (Wildman–Crippen MR) is 169 cm³/mol. The molecular formula is C36H56O11. The summed E-state index contributed by atoms with van der Waals surface area (Å²) in [4.78, 5) is 24.7. The van der Waals surface area contributed by atoms with Gasteiger partial charge in [-0.25, -0.2) is 4.79 Å². The van der Waals surface area contributed by atoms with E-state index in [-0.39, 0.29) is 40.6 Å². The van der Waals surface area contributed by atoms with Crippen LogP contribution in [0.1, 0.15) is 99.3 Å². The number of aliphatic hydroxyl groups is 5. The van der Waals surface area contributed by atoms with E-state index in [1.54, 1.807) is 0 Å². The average molecular weight is 665 g/mol. The van der Waals surface area contributed by atoms with E-state index in [2.05, 4.69) is 40.7 Å². The minimum atomic E-state index is -1.82. The number of aliphatic hydroxyl groups excluding tert-OH is 5. The van der Waals surface area contributed by atoms with Crippen molar-refractivity contribution in [3.05, 3.63) is 11.6 Å². The highest BCUT2D eigenvalue weighted by atomic mass is 16.7. The van der Waals surface area contributed by atoms with Crippen LogP contribution in [-0.2, 0) is 19.1 Å². The summed E-state index contributed by atoms with van der Waals surface area (Å²) in [5, 5.41) is 74.3. The number of carboxylic acids is 2. The Labute approximate surface area is 277 Å². The molecule has 0 aromatic rings. The molecule has 0 bridgehead atoms. The molecule has 0 aromatic heterocycles. The van der Waals surface area contributed by atoms with Crippen molar-refractivity contribution in [2.24, 2.45) is 50.2 Å². The fourth-order valence-corrected chi connectivity index (χ4v) is 12.3. The SMILES string of the molecule is CC1(C)CC[C@@]2(C(=O)O)C(C1)C1=CCC3[C@@]4(C)CC[C@H](O[C@@H]5O[C@H](C(=O)O)[C@@H](O)[C@H](O)[C@H]5O)[C@@](C)(CO)C4CC[C@@]3(C)[C@]1(C)C[C@H]2O. The van der Waals surface area contributed by atoms with Gasteiger partial charge in [0.1, 0.15) is 23.7 Å². The zero-order valence-electron chi connectivity index (χ0n) is 28.7.